The Morgan fingerprint density at radius 1 is 0.848 bits per heavy atom. The molecule has 0 saturated carbocycles. The molecular weight excluding hydrogens is 408 g/mol. The fraction of sp³-hybridized carbons (Fsp3) is 0.379. The minimum Gasteiger partial charge on any atom is -0.508 e. The molecule has 1 unspecified atom stereocenters. The zero-order valence-electron chi connectivity index (χ0n) is 18.6. The zero-order valence-corrected chi connectivity index (χ0v) is 18.6. The molecule has 3 aromatic rings. The summed E-state index contributed by atoms with van der Waals surface area (Å²) in [4.78, 5) is 4.93. The number of benzene rings is 3. The van der Waals surface area contributed by atoms with Crippen molar-refractivity contribution < 1.29 is 9.84 Å². The minimum absolute atomic E-state index is 0. The van der Waals surface area contributed by atoms with E-state index in [2.05, 4.69) is 70.5 Å². The number of rotatable bonds is 7. The lowest BCUT2D eigenvalue weighted by molar-refractivity contribution is 0.0312. The van der Waals surface area contributed by atoms with E-state index in [1.807, 2.05) is 12.1 Å². The highest BCUT2D eigenvalue weighted by Gasteiger charge is 2.29. The van der Waals surface area contributed by atoms with Crippen molar-refractivity contribution in [2.24, 2.45) is 0 Å². The first kappa shape index (κ1) is 23.5. The molecule has 3 aromatic carbocycles. The second-order valence-electron chi connectivity index (χ2n) is 9.04. The van der Waals surface area contributed by atoms with E-state index in [9.17, 15) is 5.11 Å². The average molecular weight is 445 g/mol. The molecule has 0 spiro atoms. The summed E-state index contributed by atoms with van der Waals surface area (Å²) in [6.45, 7) is 5.58. The summed E-state index contributed by atoms with van der Waals surface area (Å²) in [5.41, 5.74) is 6.37. The van der Waals surface area contributed by atoms with Crippen LogP contribution >= 0.6 is 0 Å². The van der Waals surface area contributed by atoms with Crippen LogP contribution in [0.4, 0.5) is 0 Å². The van der Waals surface area contributed by atoms with E-state index < -0.39 is 0 Å². The van der Waals surface area contributed by atoms with Crippen molar-refractivity contribution in [1.82, 2.24) is 9.80 Å². The Bertz CT molecular complexity index is 1010. The molecule has 1 fully saturated rings. The molecule has 5 rings (SSSR count). The highest BCUT2D eigenvalue weighted by Crippen LogP contribution is 2.37. The molecule has 2 aliphatic heterocycles. The summed E-state index contributed by atoms with van der Waals surface area (Å²) in [6.07, 6.45) is 3.53. The number of likely N-dealkylation sites (tertiary alicyclic amines) is 1. The van der Waals surface area contributed by atoms with Crippen LogP contribution in [0.3, 0.4) is 0 Å². The highest BCUT2D eigenvalue weighted by atomic mass is 16.5. The fourth-order valence-corrected chi connectivity index (χ4v) is 5.04. The number of phenols is 1. The van der Waals surface area contributed by atoms with Gasteiger partial charge in [0.15, 0.2) is 0 Å². The molecule has 1 saturated heterocycles. The predicted molar refractivity (Wildman–Crippen MR) is 134 cm³/mol. The van der Waals surface area contributed by atoms with Crippen LogP contribution in [-0.4, -0.2) is 41.3 Å². The number of aromatic hydroxyl groups is 1. The first-order chi connectivity index (χ1) is 15.8. The lowest BCUT2D eigenvalue weighted by atomic mass is 9.87. The van der Waals surface area contributed by atoms with Crippen molar-refractivity contribution in [3.05, 3.63) is 101 Å². The van der Waals surface area contributed by atoms with E-state index in [0.717, 1.165) is 39.3 Å². The van der Waals surface area contributed by atoms with Gasteiger partial charge in [-0.3, -0.25) is 9.80 Å². The maximum Gasteiger partial charge on any atom is 0.115 e. The van der Waals surface area contributed by atoms with Crippen molar-refractivity contribution in [3.8, 4) is 5.75 Å². The summed E-state index contributed by atoms with van der Waals surface area (Å²) in [5.74, 6) is 0.351. The largest absolute Gasteiger partial charge is 0.508 e. The van der Waals surface area contributed by atoms with E-state index in [0.29, 0.717) is 12.4 Å². The lowest BCUT2D eigenvalue weighted by Crippen LogP contribution is -2.35. The normalized spacial score (nSPS) is 18.6. The monoisotopic (exact) mass is 444 g/mol. The number of ether oxygens (including phenoxy) is 1. The molecule has 4 heteroatoms. The van der Waals surface area contributed by atoms with E-state index in [4.69, 9.17) is 4.74 Å². The van der Waals surface area contributed by atoms with E-state index in [1.165, 1.54) is 40.7 Å². The molecule has 1 atom stereocenters. The Kier molecular flexibility index (Phi) is 7.81. The molecule has 2 aliphatic rings. The van der Waals surface area contributed by atoms with Crippen LogP contribution in [0, 0.1) is 0 Å². The molecule has 1 N–H and O–H groups in total. The SMILES string of the molecule is C.Oc1ccc2c(c1)CCN(Cc1ccccc1)C2c1ccc(COCN2CCCC2)cc1. The van der Waals surface area contributed by atoms with Gasteiger partial charge in [-0.05, 0) is 59.2 Å². The maximum atomic E-state index is 10.0. The number of fused-ring (bicyclic) bond motifs is 1. The molecular formula is C29H36N2O2. The maximum absolute atomic E-state index is 10.0. The molecule has 174 valence electrons. The third-order valence-corrected chi connectivity index (χ3v) is 6.72. The van der Waals surface area contributed by atoms with Crippen LogP contribution in [0.25, 0.3) is 0 Å². The molecule has 2 heterocycles. The second kappa shape index (κ2) is 11.0. The smallest absolute Gasteiger partial charge is 0.115 e. The van der Waals surface area contributed by atoms with E-state index in [1.54, 1.807) is 0 Å². The van der Waals surface area contributed by atoms with Gasteiger partial charge in [0.1, 0.15) is 5.75 Å². The summed E-state index contributed by atoms with van der Waals surface area (Å²) in [6, 6.07) is 25.6. The number of hydrogen-bond acceptors (Lipinski definition) is 4. The average Bonchev–Trinajstić information content (AvgIpc) is 3.34. The van der Waals surface area contributed by atoms with Crippen LogP contribution < -0.4 is 0 Å². The Labute approximate surface area is 198 Å². The van der Waals surface area contributed by atoms with E-state index in [-0.39, 0.29) is 13.5 Å². The third-order valence-electron chi connectivity index (χ3n) is 6.72. The molecule has 0 bridgehead atoms. The van der Waals surface area contributed by atoms with Gasteiger partial charge in [0.2, 0.25) is 0 Å². The van der Waals surface area contributed by atoms with Gasteiger partial charge in [0.25, 0.3) is 0 Å². The molecule has 4 nitrogen and oxygen atoms in total. The van der Waals surface area contributed by atoms with Crippen LogP contribution in [0.1, 0.15) is 54.1 Å². The quantitative estimate of drug-likeness (QED) is 0.504. The van der Waals surface area contributed by atoms with Gasteiger partial charge in [-0.25, -0.2) is 0 Å². The fourth-order valence-electron chi connectivity index (χ4n) is 5.04. The van der Waals surface area contributed by atoms with Gasteiger partial charge in [-0.15, -0.1) is 0 Å². The van der Waals surface area contributed by atoms with Crippen molar-refractivity contribution >= 4 is 0 Å². The van der Waals surface area contributed by atoms with Gasteiger partial charge in [-0.2, -0.15) is 0 Å². The summed E-state index contributed by atoms with van der Waals surface area (Å²) in [5, 5.41) is 10.0. The van der Waals surface area contributed by atoms with Gasteiger partial charge >= 0.3 is 0 Å². The predicted octanol–water partition coefficient (Wildman–Crippen LogP) is 5.75. The minimum atomic E-state index is 0. The van der Waals surface area contributed by atoms with Crippen LogP contribution in [0.5, 0.6) is 5.75 Å². The van der Waals surface area contributed by atoms with Gasteiger partial charge in [0, 0.05) is 26.2 Å². The van der Waals surface area contributed by atoms with Gasteiger partial charge in [0.05, 0.1) is 19.4 Å². The van der Waals surface area contributed by atoms with Gasteiger partial charge < -0.3 is 9.84 Å². The first-order valence-electron chi connectivity index (χ1n) is 11.7. The van der Waals surface area contributed by atoms with Crippen LogP contribution in [-0.2, 0) is 24.3 Å². The van der Waals surface area contributed by atoms with Crippen molar-refractivity contribution in [2.45, 2.75) is 45.9 Å². The molecule has 0 aromatic heterocycles. The first-order valence-corrected chi connectivity index (χ1v) is 11.7. The topological polar surface area (TPSA) is 35.9 Å². The summed E-state index contributed by atoms with van der Waals surface area (Å²) in [7, 11) is 0. The molecule has 33 heavy (non-hydrogen) atoms. The standard InChI is InChI=1S/C28H32N2O2.CH4/c31-26-12-13-27-25(18-26)14-17-30(19-22-6-2-1-3-7-22)28(27)24-10-8-23(9-11-24)20-32-21-29-15-4-5-16-29;/h1-3,6-13,18,28,31H,4-5,14-17,19-21H2;1H4. The third kappa shape index (κ3) is 5.64. The van der Waals surface area contributed by atoms with Gasteiger partial charge in [-0.1, -0.05) is 68.1 Å². The Morgan fingerprint density at radius 2 is 1.61 bits per heavy atom. The summed E-state index contributed by atoms with van der Waals surface area (Å²) >= 11 is 0. The summed E-state index contributed by atoms with van der Waals surface area (Å²) < 4.78 is 5.95. The molecule has 0 radical (unpaired) electrons. The molecule has 0 aliphatic carbocycles. The van der Waals surface area contributed by atoms with Crippen molar-refractivity contribution in [2.75, 3.05) is 26.4 Å². The zero-order chi connectivity index (χ0) is 21.8. The molecule has 0 amide bonds. The number of nitrogens with zero attached hydrogens (tertiary/aromatic N) is 2. The second-order valence-corrected chi connectivity index (χ2v) is 9.04. The van der Waals surface area contributed by atoms with Crippen LogP contribution in [0.15, 0.2) is 72.8 Å². The van der Waals surface area contributed by atoms with Crippen molar-refractivity contribution in [3.63, 3.8) is 0 Å². The Hall–Kier alpha value is -2.66. The number of phenolic OH excluding ortho intramolecular Hbond substituents is 1. The van der Waals surface area contributed by atoms with Crippen molar-refractivity contribution in [1.29, 1.82) is 0 Å². The highest BCUT2D eigenvalue weighted by molar-refractivity contribution is 5.44. The van der Waals surface area contributed by atoms with E-state index >= 15 is 0 Å². The number of hydrogen-bond donors (Lipinski definition) is 1. The Balaban J connectivity index is 0.00000259. The Morgan fingerprint density at radius 3 is 2.36 bits per heavy atom. The lowest BCUT2D eigenvalue weighted by Gasteiger charge is -2.38. The van der Waals surface area contributed by atoms with Crippen LogP contribution in [0.2, 0.25) is 0 Å².